The number of halogens is 1. The van der Waals surface area contributed by atoms with Gasteiger partial charge in [0.25, 0.3) is 0 Å². The molecular weight excluding hydrogens is 486 g/mol. The summed E-state index contributed by atoms with van der Waals surface area (Å²) in [6.07, 6.45) is 7.17. The SMILES string of the molecule is CC1CN(C(=O)CC2(C3CCCC(C4CC4)N3S(=O)(=O)c3ccc(Cl)cc3)CC2)CCN1CCO. The quantitative estimate of drug-likeness (QED) is 0.565. The number of aliphatic hydroxyl groups is 1. The first kappa shape index (κ1) is 25.5. The van der Waals surface area contributed by atoms with E-state index in [4.69, 9.17) is 11.6 Å². The van der Waals surface area contributed by atoms with E-state index in [9.17, 15) is 18.3 Å². The number of aliphatic hydroxyl groups excluding tert-OH is 1. The number of nitrogens with zero attached hydrogens (tertiary/aromatic N) is 3. The zero-order chi connectivity index (χ0) is 24.8. The molecule has 1 aromatic carbocycles. The van der Waals surface area contributed by atoms with Crippen molar-refractivity contribution in [3.8, 4) is 0 Å². The molecule has 2 saturated carbocycles. The third-order valence-corrected chi connectivity index (χ3v) is 11.0. The molecule has 3 atom stereocenters. The van der Waals surface area contributed by atoms with Crippen LogP contribution in [0.25, 0.3) is 0 Å². The second-order valence-corrected chi connectivity index (χ2v) is 13.4. The smallest absolute Gasteiger partial charge is 0.243 e. The molecule has 4 aliphatic rings. The standard InChI is InChI=1S/C26H38ClN3O4S/c1-19-18-29(14-13-28(19)15-16-31)25(32)17-26(11-12-26)24-4-2-3-23(20-5-6-20)30(24)35(33,34)22-9-7-21(27)8-10-22/h7-10,19-20,23-24,31H,2-6,11-18H2,1H3. The number of piperidine rings is 1. The van der Waals surface area contributed by atoms with Gasteiger partial charge in [-0.2, -0.15) is 4.31 Å². The van der Waals surface area contributed by atoms with Crippen LogP contribution in [0.5, 0.6) is 0 Å². The van der Waals surface area contributed by atoms with Crippen molar-refractivity contribution >= 4 is 27.5 Å². The molecule has 35 heavy (non-hydrogen) atoms. The van der Waals surface area contributed by atoms with Crippen LogP contribution in [0.2, 0.25) is 5.02 Å². The largest absolute Gasteiger partial charge is 0.395 e. The van der Waals surface area contributed by atoms with Gasteiger partial charge in [-0.15, -0.1) is 0 Å². The van der Waals surface area contributed by atoms with Crippen molar-refractivity contribution in [3.05, 3.63) is 29.3 Å². The van der Waals surface area contributed by atoms with Crippen molar-refractivity contribution < 1.29 is 18.3 Å². The van der Waals surface area contributed by atoms with Crippen molar-refractivity contribution in [2.24, 2.45) is 11.3 Å². The van der Waals surface area contributed by atoms with Crippen molar-refractivity contribution in [3.63, 3.8) is 0 Å². The van der Waals surface area contributed by atoms with Crippen LogP contribution in [0.3, 0.4) is 0 Å². The number of β-amino-alcohol motifs (C(OH)–C–C–N with tert-alkyl or cyclic N) is 1. The van der Waals surface area contributed by atoms with Crippen LogP contribution < -0.4 is 0 Å². The van der Waals surface area contributed by atoms with Gasteiger partial charge < -0.3 is 10.0 Å². The maximum Gasteiger partial charge on any atom is 0.243 e. The minimum atomic E-state index is -3.69. The van der Waals surface area contributed by atoms with Gasteiger partial charge in [-0.25, -0.2) is 8.42 Å². The van der Waals surface area contributed by atoms with E-state index in [1.807, 2.05) is 9.21 Å². The third-order valence-electron chi connectivity index (χ3n) is 8.77. The number of piperazine rings is 1. The normalized spacial score (nSPS) is 29.8. The lowest BCUT2D eigenvalue weighted by Crippen LogP contribution is -2.56. The second kappa shape index (κ2) is 9.93. The van der Waals surface area contributed by atoms with Gasteiger partial charge in [-0.3, -0.25) is 9.69 Å². The molecule has 3 unspecified atom stereocenters. The number of hydrogen-bond donors (Lipinski definition) is 1. The van der Waals surface area contributed by atoms with Gasteiger partial charge in [0.05, 0.1) is 11.5 Å². The van der Waals surface area contributed by atoms with Crippen molar-refractivity contribution in [1.29, 1.82) is 0 Å². The molecule has 0 aromatic heterocycles. The number of benzene rings is 1. The van der Waals surface area contributed by atoms with E-state index in [1.54, 1.807) is 24.3 Å². The lowest BCUT2D eigenvalue weighted by Gasteiger charge is -2.46. The zero-order valence-corrected chi connectivity index (χ0v) is 22.2. The molecule has 0 radical (unpaired) electrons. The molecule has 9 heteroatoms. The monoisotopic (exact) mass is 523 g/mol. The van der Waals surface area contributed by atoms with E-state index in [0.717, 1.165) is 51.5 Å². The van der Waals surface area contributed by atoms with E-state index >= 15 is 0 Å². The van der Waals surface area contributed by atoms with Crippen LogP contribution in [-0.2, 0) is 14.8 Å². The third kappa shape index (κ3) is 5.14. The average Bonchev–Trinajstić information content (AvgIpc) is 3.76. The van der Waals surface area contributed by atoms with E-state index in [1.165, 1.54) is 0 Å². The summed E-state index contributed by atoms with van der Waals surface area (Å²) in [6.45, 7) is 4.96. The van der Waals surface area contributed by atoms with E-state index in [2.05, 4.69) is 11.8 Å². The molecule has 2 heterocycles. The Balaban J connectivity index is 1.37. The van der Waals surface area contributed by atoms with Gasteiger partial charge in [0, 0.05) is 55.7 Å². The number of amides is 1. The number of sulfonamides is 1. The highest BCUT2D eigenvalue weighted by Crippen LogP contribution is 2.58. The lowest BCUT2D eigenvalue weighted by atomic mass is 9.83. The zero-order valence-electron chi connectivity index (χ0n) is 20.6. The van der Waals surface area contributed by atoms with Gasteiger partial charge in [-0.1, -0.05) is 18.0 Å². The molecule has 7 nitrogen and oxygen atoms in total. The summed E-state index contributed by atoms with van der Waals surface area (Å²) < 4.78 is 29.9. The molecule has 1 aromatic rings. The minimum Gasteiger partial charge on any atom is -0.395 e. The summed E-state index contributed by atoms with van der Waals surface area (Å²) in [4.78, 5) is 18.0. The summed E-state index contributed by atoms with van der Waals surface area (Å²) in [5.41, 5.74) is -0.254. The summed E-state index contributed by atoms with van der Waals surface area (Å²) in [7, 11) is -3.69. The highest BCUT2D eigenvalue weighted by Gasteiger charge is 2.58. The number of carbonyl (C=O) groups is 1. The molecule has 5 rings (SSSR count). The van der Waals surface area contributed by atoms with Crippen LogP contribution >= 0.6 is 11.6 Å². The predicted molar refractivity (Wildman–Crippen MR) is 136 cm³/mol. The Morgan fingerprint density at radius 3 is 2.43 bits per heavy atom. The van der Waals surface area contributed by atoms with Crippen molar-refractivity contribution in [2.45, 2.75) is 81.3 Å². The van der Waals surface area contributed by atoms with Gasteiger partial charge in [-0.05, 0) is 81.0 Å². The fourth-order valence-electron chi connectivity index (χ4n) is 6.46. The first-order valence-electron chi connectivity index (χ1n) is 13.2. The van der Waals surface area contributed by atoms with Crippen LogP contribution in [0.1, 0.15) is 58.3 Å². The predicted octanol–water partition coefficient (Wildman–Crippen LogP) is 3.36. The molecule has 194 valence electrons. The fourth-order valence-corrected chi connectivity index (χ4v) is 8.61. The Morgan fingerprint density at radius 1 is 1.11 bits per heavy atom. The van der Waals surface area contributed by atoms with E-state index in [-0.39, 0.29) is 36.1 Å². The maximum absolute atomic E-state index is 14.0. The average molecular weight is 524 g/mol. The molecule has 2 saturated heterocycles. The number of hydrogen-bond acceptors (Lipinski definition) is 5. The molecule has 2 aliphatic carbocycles. The number of rotatable bonds is 8. The van der Waals surface area contributed by atoms with Crippen LogP contribution in [0, 0.1) is 11.3 Å². The van der Waals surface area contributed by atoms with Crippen LogP contribution in [0.15, 0.2) is 29.2 Å². The fraction of sp³-hybridized carbons (Fsp3) is 0.731. The second-order valence-electron chi connectivity index (χ2n) is 11.1. The summed E-state index contributed by atoms with van der Waals surface area (Å²) in [5.74, 6) is 0.585. The van der Waals surface area contributed by atoms with E-state index < -0.39 is 10.0 Å². The van der Waals surface area contributed by atoms with Gasteiger partial charge >= 0.3 is 0 Å². The topological polar surface area (TPSA) is 81.2 Å². The van der Waals surface area contributed by atoms with Crippen LogP contribution in [-0.4, -0.2) is 84.4 Å². The molecule has 4 fully saturated rings. The molecule has 0 bridgehead atoms. The molecule has 1 N–H and O–H groups in total. The molecule has 1 amide bonds. The van der Waals surface area contributed by atoms with Crippen LogP contribution in [0.4, 0.5) is 0 Å². The summed E-state index contributed by atoms with van der Waals surface area (Å²) in [6, 6.07) is 6.65. The Morgan fingerprint density at radius 2 is 1.83 bits per heavy atom. The molecular formula is C26H38ClN3O4S. The van der Waals surface area contributed by atoms with Gasteiger partial charge in [0.15, 0.2) is 0 Å². The Kier molecular flexibility index (Phi) is 7.23. The highest BCUT2D eigenvalue weighted by molar-refractivity contribution is 7.89. The Hall–Kier alpha value is -1.19. The minimum absolute atomic E-state index is 0.0315. The first-order chi connectivity index (χ1) is 16.7. The molecule has 2 aliphatic heterocycles. The van der Waals surface area contributed by atoms with Crippen molar-refractivity contribution in [1.82, 2.24) is 14.1 Å². The van der Waals surface area contributed by atoms with Gasteiger partial charge in [0.1, 0.15) is 0 Å². The molecule has 0 spiro atoms. The Labute approximate surface area is 214 Å². The first-order valence-corrected chi connectivity index (χ1v) is 15.0. The number of carbonyl (C=O) groups excluding carboxylic acids is 1. The van der Waals surface area contributed by atoms with Gasteiger partial charge in [0.2, 0.25) is 15.9 Å². The summed E-state index contributed by atoms with van der Waals surface area (Å²) >= 11 is 6.05. The highest BCUT2D eigenvalue weighted by atomic mass is 35.5. The summed E-state index contributed by atoms with van der Waals surface area (Å²) in [5, 5.41) is 9.81. The Bertz CT molecular complexity index is 1030. The maximum atomic E-state index is 14.0. The lowest BCUT2D eigenvalue weighted by molar-refractivity contribution is -0.136. The van der Waals surface area contributed by atoms with Crippen molar-refractivity contribution in [2.75, 3.05) is 32.8 Å². The van der Waals surface area contributed by atoms with E-state index in [0.29, 0.717) is 41.9 Å².